The summed E-state index contributed by atoms with van der Waals surface area (Å²) >= 11 is 0. The number of nitrogens with one attached hydrogen (secondary N) is 1. The largest absolute Gasteiger partial charge is 0.341 e. The topological polar surface area (TPSA) is 37.3 Å². The fourth-order valence-electron chi connectivity index (χ4n) is 2.55. The Morgan fingerprint density at radius 3 is 3.00 bits per heavy atom. The third kappa shape index (κ3) is 2.75. The minimum atomic E-state index is 0.113. The molecular formula is C14H23N3O. The van der Waals surface area contributed by atoms with Gasteiger partial charge in [-0.25, -0.2) is 0 Å². The van der Waals surface area contributed by atoms with E-state index in [1.54, 1.807) is 0 Å². The minimum absolute atomic E-state index is 0.113. The first-order valence-corrected chi connectivity index (χ1v) is 6.75. The highest BCUT2D eigenvalue weighted by Crippen LogP contribution is 2.14. The Bertz CT molecular complexity index is 405. The molecule has 1 unspecified atom stereocenters. The molecule has 1 amide bonds. The van der Waals surface area contributed by atoms with E-state index in [-0.39, 0.29) is 5.91 Å². The maximum atomic E-state index is 12.4. The van der Waals surface area contributed by atoms with Crippen molar-refractivity contribution >= 4 is 5.91 Å². The van der Waals surface area contributed by atoms with Crippen LogP contribution in [0.5, 0.6) is 0 Å². The molecule has 0 aromatic carbocycles. The van der Waals surface area contributed by atoms with E-state index in [0.29, 0.717) is 12.1 Å². The number of carbonyl (C=O) groups is 1. The molecule has 18 heavy (non-hydrogen) atoms. The predicted molar refractivity (Wildman–Crippen MR) is 72.8 cm³/mol. The van der Waals surface area contributed by atoms with Gasteiger partial charge in [-0.3, -0.25) is 4.79 Å². The number of rotatable bonds is 4. The third-order valence-corrected chi connectivity index (χ3v) is 3.56. The van der Waals surface area contributed by atoms with Crippen molar-refractivity contribution in [2.24, 2.45) is 0 Å². The predicted octanol–water partition coefficient (Wildman–Crippen LogP) is 1.89. The van der Waals surface area contributed by atoms with E-state index in [0.717, 1.165) is 18.8 Å². The monoisotopic (exact) mass is 249 g/mol. The van der Waals surface area contributed by atoms with Gasteiger partial charge in [0.25, 0.3) is 5.91 Å². The lowest BCUT2D eigenvalue weighted by Crippen LogP contribution is -2.39. The lowest BCUT2D eigenvalue weighted by Gasteiger charge is -2.23. The van der Waals surface area contributed by atoms with Crippen molar-refractivity contribution in [3.8, 4) is 0 Å². The lowest BCUT2D eigenvalue weighted by molar-refractivity contribution is 0.0771. The van der Waals surface area contributed by atoms with Gasteiger partial charge in [-0.05, 0) is 45.4 Å². The molecule has 0 saturated carbocycles. The Labute approximate surface area is 109 Å². The Hall–Kier alpha value is -1.29. The molecule has 1 saturated heterocycles. The number of hydrogen-bond acceptors (Lipinski definition) is 2. The van der Waals surface area contributed by atoms with Crippen molar-refractivity contribution in [2.45, 2.75) is 38.8 Å². The molecule has 1 aromatic heterocycles. The Kier molecular flexibility index (Phi) is 4.07. The summed E-state index contributed by atoms with van der Waals surface area (Å²) in [5.74, 6) is 0.113. The van der Waals surface area contributed by atoms with E-state index in [9.17, 15) is 4.79 Å². The summed E-state index contributed by atoms with van der Waals surface area (Å²) in [6, 6.07) is 4.62. The van der Waals surface area contributed by atoms with Gasteiger partial charge < -0.3 is 14.8 Å². The molecule has 0 spiro atoms. The molecule has 0 aliphatic carbocycles. The molecule has 0 bridgehead atoms. The summed E-state index contributed by atoms with van der Waals surface area (Å²) < 4.78 is 2.03. The first kappa shape index (κ1) is 13.1. The van der Waals surface area contributed by atoms with E-state index in [4.69, 9.17) is 0 Å². The lowest BCUT2D eigenvalue weighted by atomic mass is 10.2. The number of aromatic nitrogens is 1. The first-order chi connectivity index (χ1) is 8.59. The average molecular weight is 249 g/mol. The van der Waals surface area contributed by atoms with Crippen LogP contribution in [0.4, 0.5) is 0 Å². The van der Waals surface area contributed by atoms with Crippen LogP contribution in [0, 0.1) is 0 Å². The average Bonchev–Trinajstić information content (AvgIpc) is 2.97. The molecule has 1 fully saturated rings. The van der Waals surface area contributed by atoms with E-state index < -0.39 is 0 Å². The van der Waals surface area contributed by atoms with Crippen LogP contribution in [0.1, 0.15) is 43.2 Å². The highest BCUT2D eigenvalue weighted by molar-refractivity contribution is 5.92. The fraction of sp³-hybridized carbons (Fsp3) is 0.643. The van der Waals surface area contributed by atoms with Gasteiger partial charge in [0.1, 0.15) is 5.69 Å². The quantitative estimate of drug-likeness (QED) is 0.885. The molecule has 1 N–H and O–H groups in total. The smallest absolute Gasteiger partial charge is 0.270 e. The molecule has 2 rings (SSSR count). The van der Waals surface area contributed by atoms with Gasteiger partial charge in [-0.2, -0.15) is 0 Å². The summed E-state index contributed by atoms with van der Waals surface area (Å²) in [7, 11) is 1.89. The normalized spacial score (nSPS) is 19.4. The summed E-state index contributed by atoms with van der Waals surface area (Å²) in [4.78, 5) is 14.2. The highest BCUT2D eigenvalue weighted by Gasteiger charge is 2.21. The Morgan fingerprint density at radius 1 is 1.61 bits per heavy atom. The number of amides is 1. The number of carbonyl (C=O) groups excluding carboxylic acids is 1. The number of likely N-dealkylation sites (N-methyl/N-ethyl adjacent to an activating group) is 1. The SMILES string of the molecule is CC(C)n1cccc1C(=O)N(C)CC1CCCN1. The zero-order chi connectivity index (χ0) is 13.1. The second kappa shape index (κ2) is 5.57. The number of hydrogen-bond donors (Lipinski definition) is 1. The molecule has 4 nitrogen and oxygen atoms in total. The van der Waals surface area contributed by atoms with Gasteiger partial charge in [0, 0.05) is 31.9 Å². The molecule has 1 aromatic rings. The summed E-state index contributed by atoms with van der Waals surface area (Å²) in [6.07, 6.45) is 4.36. The van der Waals surface area contributed by atoms with Gasteiger partial charge in [-0.1, -0.05) is 0 Å². The van der Waals surface area contributed by atoms with E-state index in [1.807, 2.05) is 34.8 Å². The molecule has 100 valence electrons. The van der Waals surface area contributed by atoms with Crippen LogP contribution >= 0.6 is 0 Å². The van der Waals surface area contributed by atoms with Gasteiger partial charge >= 0.3 is 0 Å². The Balaban J connectivity index is 2.03. The van der Waals surface area contributed by atoms with Crippen LogP contribution in [0.2, 0.25) is 0 Å². The summed E-state index contributed by atoms with van der Waals surface area (Å²) in [5.41, 5.74) is 0.783. The zero-order valence-corrected chi connectivity index (χ0v) is 11.5. The number of nitrogens with zero attached hydrogens (tertiary/aromatic N) is 2. The maximum Gasteiger partial charge on any atom is 0.270 e. The molecular weight excluding hydrogens is 226 g/mol. The minimum Gasteiger partial charge on any atom is -0.341 e. The van der Waals surface area contributed by atoms with Crippen LogP contribution in [0.15, 0.2) is 18.3 Å². The van der Waals surface area contributed by atoms with Gasteiger partial charge in [-0.15, -0.1) is 0 Å². The zero-order valence-electron chi connectivity index (χ0n) is 11.5. The molecule has 1 aliphatic rings. The van der Waals surface area contributed by atoms with Gasteiger partial charge in [0.2, 0.25) is 0 Å². The second-order valence-corrected chi connectivity index (χ2v) is 5.37. The van der Waals surface area contributed by atoms with E-state index in [2.05, 4.69) is 19.2 Å². The van der Waals surface area contributed by atoms with Crippen LogP contribution in [0.3, 0.4) is 0 Å². The molecule has 4 heteroatoms. The fourth-order valence-corrected chi connectivity index (χ4v) is 2.55. The van der Waals surface area contributed by atoms with Crippen molar-refractivity contribution in [3.63, 3.8) is 0 Å². The highest BCUT2D eigenvalue weighted by atomic mass is 16.2. The van der Waals surface area contributed by atoms with Gasteiger partial charge in [0.05, 0.1) is 0 Å². The molecule has 1 aliphatic heterocycles. The second-order valence-electron chi connectivity index (χ2n) is 5.37. The summed E-state index contributed by atoms with van der Waals surface area (Å²) in [5, 5.41) is 3.42. The van der Waals surface area contributed by atoms with Crippen LogP contribution in [0.25, 0.3) is 0 Å². The molecule has 1 atom stereocenters. The van der Waals surface area contributed by atoms with Crippen molar-refractivity contribution in [1.82, 2.24) is 14.8 Å². The van der Waals surface area contributed by atoms with Crippen molar-refractivity contribution < 1.29 is 4.79 Å². The van der Waals surface area contributed by atoms with Crippen LogP contribution in [-0.4, -0.2) is 41.6 Å². The van der Waals surface area contributed by atoms with Crippen LogP contribution < -0.4 is 5.32 Å². The first-order valence-electron chi connectivity index (χ1n) is 6.75. The van der Waals surface area contributed by atoms with Gasteiger partial charge in [0.15, 0.2) is 0 Å². The molecule has 0 radical (unpaired) electrons. The van der Waals surface area contributed by atoms with Crippen molar-refractivity contribution in [1.29, 1.82) is 0 Å². The van der Waals surface area contributed by atoms with Crippen LogP contribution in [-0.2, 0) is 0 Å². The Morgan fingerprint density at radius 2 is 2.39 bits per heavy atom. The van der Waals surface area contributed by atoms with Crippen molar-refractivity contribution in [3.05, 3.63) is 24.0 Å². The standard InChI is InChI=1S/C14H23N3O/c1-11(2)17-9-5-7-13(17)14(18)16(3)10-12-6-4-8-15-12/h5,7,9,11-12,15H,4,6,8,10H2,1-3H3. The maximum absolute atomic E-state index is 12.4. The summed E-state index contributed by atoms with van der Waals surface area (Å²) in [6.45, 7) is 6.06. The van der Waals surface area contributed by atoms with E-state index in [1.165, 1.54) is 12.8 Å². The van der Waals surface area contributed by atoms with Crippen molar-refractivity contribution in [2.75, 3.05) is 20.1 Å². The third-order valence-electron chi connectivity index (χ3n) is 3.56. The molecule has 2 heterocycles. The van der Waals surface area contributed by atoms with E-state index >= 15 is 0 Å².